The third-order valence-electron chi connectivity index (χ3n) is 3.55. The molecule has 1 aromatic carbocycles. The summed E-state index contributed by atoms with van der Waals surface area (Å²) >= 11 is 0. The van der Waals surface area contributed by atoms with E-state index in [1.165, 1.54) is 11.1 Å². The fourth-order valence-corrected chi connectivity index (χ4v) is 3.12. The predicted molar refractivity (Wildman–Crippen MR) is 80.9 cm³/mol. The molecule has 1 heteroatoms. The van der Waals surface area contributed by atoms with E-state index in [0.29, 0.717) is 5.92 Å². The minimum absolute atomic E-state index is 0.0947. The lowest BCUT2D eigenvalue weighted by Gasteiger charge is -2.36. The summed E-state index contributed by atoms with van der Waals surface area (Å²) < 4.78 is 0. The van der Waals surface area contributed by atoms with Gasteiger partial charge in [-0.15, -0.1) is 0 Å². The smallest absolute Gasteiger partial charge is 0.0136 e. The van der Waals surface area contributed by atoms with Crippen molar-refractivity contribution in [2.24, 2.45) is 11.7 Å². The molecule has 0 amide bonds. The van der Waals surface area contributed by atoms with E-state index in [1.54, 1.807) is 0 Å². The van der Waals surface area contributed by atoms with Crippen LogP contribution in [0.25, 0.3) is 0 Å². The van der Waals surface area contributed by atoms with E-state index in [1.807, 2.05) is 0 Å². The van der Waals surface area contributed by atoms with Crippen LogP contribution in [-0.4, -0.2) is 5.54 Å². The topological polar surface area (TPSA) is 26.0 Å². The van der Waals surface area contributed by atoms with Gasteiger partial charge in [0.15, 0.2) is 0 Å². The van der Waals surface area contributed by atoms with E-state index in [0.717, 1.165) is 12.8 Å². The van der Waals surface area contributed by atoms with Crippen LogP contribution in [0, 0.1) is 12.8 Å². The lowest BCUT2D eigenvalue weighted by Crippen LogP contribution is -2.43. The van der Waals surface area contributed by atoms with Crippen LogP contribution in [0.2, 0.25) is 0 Å². The zero-order valence-corrected chi connectivity index (χ0v) is 12.9. The Hall–Kier alpha value is -0.820. The molecule has 2 N–H and O–H groups in total. The highest BCUT2D eigenvalue weighted by Crippen LogP contribution is 2.33. The van der Waals surface area contributed by atoms with Crippen LogP contribution < -0.4 is 5.73 Å². The van der Waals surface area contributed by atoms with Crippen molar-refractivity contribution in [2.75, 3.05) is 0 Å². The number of rotatable bonds is 5. The Balaban J connectivity index is 2.83. The second-order valence-electron chi connectivity index (χ2n) is 7.18. The second kappa shape index (κ2) is 5.44. The van der Waals surface area contributed by atoms with Crippen LogP contribution >= 0.6 is 0 Å². The van der Waals surface area contributed by atoms with Crippen molar-refractivity contribution in [1.82, 2.24) is 0 Å². The van der Waals surface area contributed by atoms with E-state index in [4.69, 9.17) is 5.73 Å². The third-order valence-corrected chi connectivity index (χ3v) is 3.55. The van der Waals surface area contributed by atoms with Crippen molar-refractivity contribution in [2.45, 2.75) is 65.3 Å². The van der Waals surface area contributed by atoms with Gasteiger partial charge in [-0.3, -0.25) is 0 Å². The number of benzene rings is 1. The monoisotopic (exact) mass is 247 g/mol. The van der Waals surface area contributed by atoms with Gasteiger partial charge in [0.05, 0.1) is 0 Å². The number of nitrogens with two attached hydrogens (primary N) is 1. The Morgan fingerprint density at radius 3 is 2.00 bits per heavy atom. The summed E-state index contributed by atoms with van der Waals surface area (Å²) in [6.07, 6.45) is 2.09. The van der Waals surface area contributed by atoms with Crippen molar-refractivity contribution >= 4 is 0 Å². The van der Waals surface area contributed by atoms with E-state index in [9.17, 15) is 0 Å². The summed E-state index contributed by atoms with van der Waals surface area (Å²) in [5, 5.41) is 0. The molecule has 0 saturated carbocycles. The van der Waals surface area contributed by atoms with Crippen LogP contribution in [0.15, 0.2) is 24.3 Å². The van der Waals surface area contributed by atoms with Crippen molar-refractivity contribution in [3.05, 3.63) is 35.4 Å². The molecule has 0 aliphatic rings. The lowest BCUT2D eigenvalue weighted by molar-refractivity contribution is 0.281. The first-order valence-corrected chi connectivity index (χ1v) is 6.98. The maximum Gasteiger partial charge on any atom is 0.0136 e. The third kappa shape index (κ3) is 4.45. The molecule has 0 bridgehead atoms. The maximum atomic E-state index is 6.47. The zero-order valence-electron chi connectivity index (χ0n) is 12.9. The molecule has 0 fully saturated rings. The van der Waals surface area contributed by atoms with Gasteiger partial charge in [-0.1, -0.05) is 57.5 Å². The normalized spacial score (nSPS) is 15.8. The standard InChI is InChI=1S/C17H29N/c1-13(2)11-17(6,18)12-16(4,5)15-9-7-14(3)8-10-15/h7-10,13H,11-12,18H2,1-6H3. The lowest BCUT2D eigenvalue weighted by atomic mass is 9.72. The average Bonchev–Trinajstić information content (AvgIpc) is 2.13. The van der Waals surface area contributed by atoms with Gasteiger partial charge in [0, 0.05) is 5.54 Å². The largest absolute Gasteiger partial charge is 0.325 e. The van der Waals surface area contributed by atoms with Crippen LogP contribution in [-0.2, 0) is 5.41 Å². The highest BCUT2D eigenvalue weighted by molar-refractivity contribution is 5.28. The molecule has 0 spiro atoms. The van der Waals surface area contributed by atoms with E-state index >= 15 is 0 Å². The van der Waals surface area contributed by atoms with Gasteiger partial charge in [-0.25, -0.2) is 0 Å². The van der Waals surface area contributed by atoms with Crippen LogP contribution in [0.5, 0.6) is 0 Å². The Morgan fingerprint density at radius 1 is 1.06 bits per heavy atom. The minimum atomic E-state index is -0.0947. The van der Waals surface area contributed by atoms with Gasteiger partial charge >= 0.3 is 0 Å². The van der Waals surface area contributed by atoms with Crippen molar-refractivity contribution < 1.29 is 0 Å². The molecule has 1 unspecified atom stereocenters. The molecule has 102 valence electrons. The Labute approximate surface area is 113 Å². The van der Waals surface area contributed by atoms with Crippen molar-refractivity contribution in [1.29, 1.82) is 0 Å². The highest BCUT2D eigenvalue weighted by atomic mass is 14.7. The Bertz CT molecular complexity index is 371. The molecule has 0 radical (unpaired) electrons. The first-order chi connectivity index (χ1) is 8.12. The summed E-state index contributed by atoms with van der Waals surface area (Å²) in [6.45, 7) is 13.4. The highest BCUT2D eigenvalue weighted by Gasteiger charge is 2.30. The van der Waals surface area contributed by atoms with Crippen LogP contribution in [0.1, 0.15) is 58.6 Å². The quantitative estimate of drug-likeness (QED) is 0.818. The SMILES string of the molecule is Cc1ccc(C(C)(C)CC(C)(N)CC(C)C)cc1. The van der Waals surface area contributed by atoms with E-state index in [-0.39, 0.29) is 11.0 Å². The summed E-state index contributed by atoms with van der Waals surface area (Å²) in [5.41, 5.74) is 9.20. The zero-order chi connectivity index (χ0) is 14.0. The van der Waals surface area contributed by atoms with Crippen molar-refractivity contribution in [3.63, 3.8) is 0 Å². The van der Waals surface area contributed by atoms with Crippen molar-refractivity contribution in [3.8, 4) is 0 Å². The predicted octanol–water partition coefficient (Wildman–Crippen LogP) is 4.43. The van der Waals surface area contributed by atoms with Gasteiger partial charge in [-0.2, -0.15) is 0 Å². The molecule has 1 rings (SSSR count). The molecule has 1 nitrogen and oxygen atoms in total. The number of hydrogen-bond acceptors (Lipinski definition) is 1. The fraction of sp³-hybridized carbons (Fsp3) is 0.647. The van der Waals surface area contributed by atoms with Gasteiger partial charge in [-0.05, 0) is 43.6 Å². The fourth-order valence-electron chi connectivity index (χ4n) is 3.12. The molecule has 0 saturated heterocycles. The van der Waals surface area contributed by atoms with E-state index in [2.05, 4.69) is 65.8 Å². The van der Waals surface area contributed by atoms with Crippen LogP contribution in [0.3, 0.4) is 0 Å². The molecule has 0 aromatic heterocycles. The molecular weight excluding hydrogens is 218 g/mol. The van der Waals surface area contributed by atoms with E-state index < -0.39 is 0 Å². The number of aryl methyl sites for hydroxylation is 1. The number of hydrogen-bond donors (Lipinski definition) is 1. The first kappa shape index (κ1) is 15.2. The summed E-state index contributed by atoms with van der Waals surface area (Å²) in [6, 6.07) is 8.85. The van der Waals surface area contributed by atoms with Gasteiger partial charge < -0.3 is 5.73 Å². The van der Waals surface area contributed by atoms with Gasteiger partial charge in [0.1, 0.15) is 0 Å². The Morgan fingerprint density at radius 2 is 1.56 bits per heavy atom. The Kier molecular flexibility index (Phi) is 4.61. The molecular formula is C17H29N. The average molecular weight is 247 g/mol. The first-order valence-electron chi connectivity index (χ1n) is 6.98. The van der Waals surface area contributed by atoms with Gasteiger partial charge in [0.2, 0.25) is 0 Å². The molecule has 0 aliphatic heterocycles. The van der Waals surface area contributed by atoms with Crippen LogP contribution in [0.4, 0.5) is 0 Å². The summed E-state index contributed by atoms with van der Waals surface area (Å²) in [4.78, 5) is 0. The molecule has 18 heavy (non-hydrogen) atoms. The van der Waals surface area contributed by atoms with Gasteiger partial charge in [0.25, 0.3) is 0 Å². The summed E-state index contributed by atoms with van der Waals surface area (Å²) in [7, 11) is 0. The minimum Gasteiger partial charge on any atom is -0.325 e. The molecule has 1 atom stereocenters. The maximum absolute atomic E-state index is 6.47. The molecule has 1 aromatic rings. The molecule has 0 aliphatic carbocycles. The summed E-state index contributed by atoms with van der Waals surface area (Å²) in [5.74, 6) is 0.647. The second-order valence-corrected chi connectivity index (χ2v) is 7.18. The molecule has 0 heterocycles.